The van der Waals surface area contributed by atoms with Crippen LogP contribution in [0.4, 0.5) is 16.2 Å². The molecule has 2 aromatic carbocycles. The van der Waals surface area contributed by atoms with Gasteiger partial charge in [0.15, 0.2) is 0 Å². The summed E-state index contributed by atoms with van der Waals surface area (Å²) in [5.41, 5.74) is 2.50. The number of hydrogen-bond acceptors (Lipinski definition) is 4. The Bertz CT molecular complexity index is 733. The van der Waals surface area contributed by atoms with Gasteiger partial charge < -0.3 is 9.47 Å². The van der Waals surface area contributed by atoms with Crippen LogP contribution in [0.15, 0.2) is 53.5 Å². The minimum atomic E-state index is -0.383. The predicted molar refractivity (Wildman–Crippen MR) is 104 cm³/mol. The Labute approximate surface area is 154 Å². The van der Waals surface area contributed by atoms with E-state index in [4.69, 9.17) is 9.47 Å². The van der Waals surface area contributed by atoms with Crippen molar-refractivity contribution in [3.05, 3.63) is 54.1 Å². The Morgan fingerprint density at radius 1 is 1.04 bits per heavy atom. The normalized spacial score (nSPS) is 15.0. The lowest BCUT2D eigenvalue weighted by molar-refractivity contribution is 0.0865. The van der Waals surface area contributed by atoms with Crippen LogP contribution in [0, 0.1) is 0 Å². The highest BCUT2D eigenvalue weighted by Crippen LogP contribution is 2.21. The molecule has 0 spiro atoms. The molecule has 26 heavy (non-hydrogen) atoms. The van der Waals surface area contributed by atoms with E-state index in [1.807, 2.05) is 48.5 Å². The second-order valence-electron chi connectivity index (χ2n) is 6.37. The van der Waals surface area contributed by atoms with Crippen LogP contribution in [0.1, 0.15) is 37.7 Å². The van der Waals surface area contributed by atoms with Crippen LogP contribution >= 0.6 is 0 Å². The number of rotatable bonds is 5. The van der Waals surface area contributed by atoms with E-state index in [1.54, 1.807) is 13.3 Å². The summed E-state index contributed by atoms with van der Waals surface area (Å²) in [4.78, 5) is 16.4. The molecule has 5 heteroatoms. The smallest absolute Gasteiger partial charge is 0.411 e. The summed E-state index contributed by atoms with van der Waals surface area (Å²) in [7, 11) is 1.64. The number of nitrogens with one attached hydrogen (secondary N) is 1. The molecule has 0 radical (unpaired) electrons. The van der Waals surface area contributed by atoms with E-state index in [0.717, 1.165) is 42.7 Å². The van der Waals surface area contributed by atoms with Crippen molar-refractivity contribution in [2.24, 2.45) is 4.99 Å². The van der Waals surface area contributed by atoms with Crippen molar-refractivity contribution < 1.29 is 14.3 Å². The standard InChI is InChI=1S/C21H24N2O3/c1-25-19-13-7-16(8-14-19)15-22-17-9-11-18(12-10-17)23-21(24)26-20-5-3-2-4-6-20/h7-15,20H,2-6H2,1H3,(H,23,24). The summed E-state index contributed by atoms with van der Waals surface area (Å²) in [6.45, 7) is 0. The van der Waals surface area contributed by atoms with E-state index >= 15 is 0 Å². The van der Waals surface area contributed by atoms with Gasteiger partial charge in [0, 0.05) is 11.9 Å². The first-order chi connectivity index (χ1) is 12.7. The van der Waals surface area contributed by atoms with Crippen LogP contribution in [0.3, 0.4) is 0 Å². The number of nitrogens with zero attached hydrogens (tertiary/aromatic N) is 1. The van der Waals surface area contributed by atoms with Gasteiger partial charge in [-0.2, -0.15) is 0 Å². The van der Waals surface area contributed by atoms with Gasteiger partial charge in [0.1, 0.15) is 11.9 Å². The topological polar surface area (TPSA) is 59.9 Å². The molecule has 1 amide bonds. The zero-order chi connectivity index (χ0) is 18.2. The van der Waals surface area contributed by atoms with E-state index < -0.39 is 0 Å². The van der Waals surface area contributed by atoms with Gasteiger partial charge in [-0.3, -0.25) is 10.3 Å². The van der Waals surface area contributed by atoms with Crippen LogP contribution in [-0.4, -0.2) is 25.5 Å². The molecule has 0 heterocycles. The summed E-state index contributed by atoms with van der Waals surface area (Å²) in [5, 5.41) is 2.78. The number of aliphatic imine (C=N–C) groups is 1. The average molecular weight is 352 g/mol. The second-order valence-corrected chi connectivity index (χ2v) is 6.37. The Morgan fingerprint density at radius 2 is 1.73 bits per heavy atom. The van der Waals surface area contributed by atoms with Gasteiger partial charge in [-0.05, 0) is 79.8 Å². The number of methoxy groups -OCH3 is 1. The van der Waals surface area contributed by atoms with Crippen molar-refractivity contribution in [2.45, 2.75) is 38.2 Å². The van der Waals surface area contributed by atoms with E-state index in [1.165, 1.54) is 6.42 Å². The summed E-state index contributed by atoms with van der Waals surface area (Å²) < 4.78 is 10.6. The molecular formula is C21H24N2O3. The fourth-order valence-electron chi connectivity index (χ4n) is 2.95. The van der Waals surface area contributed by atoms with Gasteiger partial charge in [0.05, 0.1) is 12.8 Å². The highest BCUT2D eigenvalue weighted by molar-refractivity contribution is 5.85. The monoisotopic (exact) mass is 352 g/mol. The van der Waals surface area contributed by atoms with Gasteiger partial charge in [-0.1, -0.05) is 6.42 Å². The minimum absolute atomic E-state index is 0.0529. The first-order valence-electron chi connectivity index (χ1n) is 8.99. The summed E-state index contributed by atoms with van der Waals surface area (Å²) >= 11 is 0. The molecule has 0 unspecified atom stereocenters. The number of ether oxygens (including phenoxy) is 2. The Morgan fingerprint density at radius 3 is 2.38 bits per heavy atom. The molecule has 1 saturated carbocycles. The van der Waals surface area contributed by atoms with Crippen molar-refractivity contribution in [1.82, 2.24) is 0 Å². The Hall–Kier alpha value is -2.82. The molecule has 5 nitrogen and oxygen atoms in total. The Balaban J connectivity index is 1.52. The summed E-state index contributed by atoms with van der Waals surface area (Å²) in [6, 6.07) is 15.0. The fourth-order valence-corrected chi connectivity index (χ4v) is 2.95. The van der Waals surface area contributed by atoms with Crippen LogP contribution < -0.4 is 10.1 Å². The SMILES string of the molecule is COc1ccc(C=Nc2ccc(NC(=O)OC3CCCCC3)cc2)cc1. The first kappa shape index (κ1) is 18.0. The highest BCUT2D eigenvalue weighted by Gasteiger charge is 2.17. The lowest BCUT2D eigenvalue weighted by Crippen LogP contribution is -2.24. The van der Waals surface area contributed by atoms with Crippen molar-refractivity contribution in [1.29, 1.82) is 0 Å². The molecule has 0 bridgehead atoms. The third-order valence-corrected chi connectivity index (χ3v) is 4.42. The van der Waals surface area contributed by atoms with Gasteiger partial charge in [-0.15, -0.1) is 0 Å². The van der Waals surface area contributed by atoms with Gasteiger partial charge in [0.25, 0.3) is 0 Å². The predicted octanol–water partition coefficient (Wildman–Crippen LogP) is 5.33. The van der Waals surface area contributed by atoms with Crippen molar-refractivity contribution in [2.75, 3.05) is 12.4 Å². The second kappa shape index (κ2) is 9.04. The number of anilines is 1. The van der Waals surface area contributed by atoms with E-state index in [2.05, 4.69) is 10.3 Å². The molecule has 0 aliphatic heterocycles. The summed E-state index contributed by atoms with van der Waals surface area (Å²) in [6.07, 6.45) is 6.90. The highest BCUT2D eigenvalue weighted by atomic mass is 16.6. The average Bonchev–Trinajstić information content (AvgIpc) is 2.68. The van der Waals surface area contributed by atoms with Crippen molar-refractivity contribution in [3.63, 3.8) is 0 Å². The molecule has 1 aliphatic carbocycles. The van der Waals surface area contributed by atoms with Gasteiger partial charge in [-0.25, -0.2) is 4.79 Å². The van der Waals surface area contributed by atoms with E-state index in [-0.39, 0.29) is 12.2 Å². The number of carbonyl (C=O) groups is 1. The largest absolute Gasteiger partial charge is 0.497 e. The van der Waals surface area contributed by atoms with Crippen LogP contribution in [0.5, 0.6) is 5.75 Å². The Kier molecular flexibility index (Phi) is 6.25. The van der Waals surface area contributed by atoms with Gasteiger partial charge in [0.2, 0.25) is 0 Å². The maximum Gasteiger partial charge on any atom is 0.411 e. The first-order valence-corrected chi connectivity index (χ1v) is 8.99. The molecule has 0 atom stereocenters. The third-order valence-electron chi connectivity index (χ3n) is 4.42. The third kappa shape index (κ3) is 5.34. The molecular weight excluding hydrogens is 328 g/mol. The van der Waals surface area contributed by atoms with Crippen LogP contribution in [0.25, 0.3) is 0 Å². The van der Waals surface area contributed by atoms with Crippen molar-refractivity contribution in [3.8, 4) is 5.75 Å². The molecule has 0 aromatic heterocycles. The zero-order valence-corrected chi connectivity index (χ0v) is 15.0. The number of benzene rings is 2. The maximum absolute atomic E-state index is 12.0. The number of carbonyl (C=O) groups excluding carboxylic acids is 1. The molecule has 136 valence electrons. The molecule has 1 N–H and O–H groups in total. The van der Waals surface area contributed by atoms with Crippen LogP contribution in [-0.2, 0) is 4.74 Å². The molecule has 3 rings (SSSR count). The maximum atomic E-state index is 12.0. The van der Waals surface area contributed by atoms with Crippen LogP contribution in [0.2, 0.25) is 0 Å². The zero-order valence-electron chi connectivity index (χ0n) is 15.0. The number of hydrogen-bond donors (Lipinski definition) is 1. The number of amides is 1. The fraction of sp³-hybridized carbons (Fsp3) is 0.333. The summed E-state index contributed by atoms with van der Waals surface area (Å²) in [5.74, 6) is 0.817. The lowest BCUT2D eigenvalue weighted by atomic mass is 9.98. The van der Waals surface area contributed by atoms with E-state index in [9.17, 15) is 4.79 Å². The molecule has 1 fully saturated rings. The molecule has 1 aliphatic rings. The van der Waals surface area contributed by atoms with E-state index in [0.29, 0.717) is 5.69 Å². The molecule has 0 saturated heterocycles. The minimum Gasteiger partial charge on any atom is -0.497 e. The quantitative estimate of drug-likeness (QED) is 0.740. The van der Waals surface area contributed by atoms with Gasteiger partial charge >= 0.3 is 6.09 Å². The van der Waals surface area contributed by atoms with Crippen molar-refractivity contribution >= 4 is 23.7 Å². The lowest BCUT2D eigenvalue weighted by Gasteiger charge is -2.21. The molecule has 2 aromatic rings.